The lowest BCUT2D eigenvalue weighted by Crippen LogP contribution is -2.46. The van der Waals surface area contributed by atoms with Crippen molar-refractivity contribution in [3.8, 4) is 0 Å². The van der Waals surface area contributed by atoms with Gasteiger partial charge in [0, 0.05) is 25.2 Å². The first-order valence-corrected chi connectivity index (χ1v) is 7.20. The van der Waals surface area contributed by atoms with E-state index in [0.717, 1.165) is 42.0 Å². The number of aromatic nitrogens is 2. The second kappa shape index (κ2) is 5.01. The Kier molecular flexibility index (Phi) is 3.33. The minimum atomic E-state index is 0.0813. The third-order valence-corrected chi connectivity index (χ3v) is 4.64. The Bertz CT molecular complexity index is 545. The molecule has 3 N–H and O–H groups in total. The summed E-state index contributed by atoms with van der Waals surface area (Å²) in [5.41, 5.74) is 9.00. The molecule has 6 heteroatoms. The molecule has 2 aliphatic rings. The SMILES string of the molecule is Cc1nnc(N2CCCC3C(=O)NCC32)c(CN)c1C. The Labute approximate surface area is 118 Å². The van der Waals surface area contributed by atoms with E-state index in [0.29, 0.717) is 13.1 Å². The molecule has 2 fully saturated rings. The van der Waals surface area contributed by atoms with Crippen LogP contribution in [0.15, 0.2) is 0 Å². The van der Waals surface area contributed by atoms with Crippen LogP contribution in [0.5, 0.6) is 0 Å². The van der Waals surface area contributed by atoms with Gasteiger partial charge in [-0.1, -0.05) is 0 Å². The number of nitrogens with zero attached hydrogens (tertiary/aromatic N) is 3. The molecular formula is C14H21N5O. The molecule has 3 heterocycles. The maximum absolute atomic E-state index is 11.9. The van der Waals surface area contributed by atoms with Crippen molar-refractivity contribution in [2.24, 2.45) is 11.7 Å². The van der Waals surface area contributed by atoms with E-state index in [1.807, 2.05) is 13.8 Å². The molecule has 1 amide bonds. The molecule has 20 heavy (non-hydrogen) atoms. The molecule has 1 aromatic rings. The Morgan fingerprint density at radius 2 is 2.20 bits per heavy atom. The van der Waals surface area contributed by atoms with Crippen LogP contribution < -0.4 is 16.0 Å². The monoisotopic (exact) mass is 275 g/mol. The highest BCUT2D eigenvalue weighted by Crippen LogP contribution is 2.33. The Balaban J connectivity index is 2.00. The molecule has 2 unspecified atom stereocenters. The van der Waals surface area contributed by atoms with Gasteiger partial charge in [0.1, 0.15) is 0 Å². The van der Waals surface area contributed by atoms with Crippen LogP contribution in [0.4, 0.5) is 5.82 Å². The number of rotatable bonds is 2. The molecule has 6 nitrogen and oxygen atoms in total. The normalized spacial score (nSPS) is 25.6. The van der Waals surface area contributed by atoms with Crippen molar-refractivity contribution in [2.45, 2.75) is 39.3 Å². The van der Waals surface area contributed by atoms with E-state index in [2.05, 4.69) is 20.4 Å². The first-order chi connectivity index (χ1) is 9.63. The number of aryl methyl sites for hydroxylation is 1. The van der Waals surface area contributed by atoms with E-state index < -0.39 is 0 Å². The van der Waals surface area contributed by atoms with E-state index in [9.17, 15) is 4.79 Å². The van der Waals surface area contributed by atoms with Crippen LogP contribution in [-0.4, -0.2) is 35.2 Å². The third kappa shape index (κ3) is 1.95. The minimum Gasteiger partial charge on any atom is -0.354 e. The fraction of sp³-hybridized carbons (Fsp3) is 0.643. The van der Waals surface area contributed by atoms with Crippen molar-refractivity contribution in [3.05, 3.63) is 16.8 Å². The van der Waals surface area contributed by atoms with E-state index in [1.165, 1.54) is 0 Å². The molecule has 0 saturated carbocycles. The molecular weight excluding hydrogens is 254 g/mol. The summed E-state index contributed by atoms with van der Waals surface area (Å²) in [6, 6.07) is 0.193. The third-order valence-electron chi connectivity index (χ3n) is 4.64. The number of hydrogen-bond acceptors (Lipinski definition) is 5. The van der Waals surface area contributed by atoms with Gasteiger partial charge in [-0.05, 0) is 32.3 Å². The number of carbonyl (C=O) groups excluding carboxylic acids is 1. The molecule has 0 bridgehead atoms. The summed E-state index contributed by atoms with van der Waals surface area (Å²) in [5.74, 6) is 1.12. The van der Waals surface area contributed by atoms with Crippen molar-refractivity contribution in [1.29, 1.82) is 0 Å². The average Bonchev–Trinajstić information content (AvgIpc) is 2.84. The lowest BCUT2D eigenvalue weighted by molar-refractivity contribution is -0.123. The molecule has 2 aliphatic heterocycles. The van der Waals surface area contributed by atoms with Crippen molar-refractivity contribution >= 4 is 11.7 Å². The first-order valence-electron chi connectivity index (χ1n) is 7.20. The van der Waals surface area contributed by atoms with Crippen molar-refractivity contribution in [2.75, 3.05) is 18.0 Å². The summed E-state index contributed by atoms with van der Waals surface area (Å²) in [6.45, 7) is 6.05. The van der Waals surface area contributed by atoms with Crippen LogP contribution in [0.3, 0.4) is 0 Å². The fourth-order valence-electron chi connectivity index (χ4n) is 3.33. The number of hydrogen-bond donors (Lipinski definition) is 2. The van der Waals surface area contributed by atoms with Crippen LogP contribution >= 0.6 is 0 Å². The lowest BCUT2D eigenvalue weighted by Gasteiger charge is -2.37. The van der Waals surface area contributed by atoms with E-state index in [-0.39, 0.29) is 17.9 Å². The van der Waals surface area contributed by atoms with Gasteiger partial charge in [-0.2, -0.15) is 5.10 Å². The minimum absolute atomic E-state index is 0.0813. The second-order valence-corrected chi connectivity index (χ2v) is 5.67. The summed E-state index contributed by atoms with van der Waals surface area (Å²) in [5, 5.41) is 11.6. The zero-order chi connectivity index (χ0) is 14.3. The summed E-state index contributed by atoms with van der Waals surface area (Å²) in [6.07, 6.45) is 1.97. The van der Waals surface area contributed by atoms with Gasteiger partial charge in [-0.15, -0.1) is 5.10 Å². The van der Waals surface area contributed by atoms with Gasteiger partial charge in [0.25, 0.3) is 0 Å². The topological polar surface area (TPSA) is 84.1 Å². The highest BCUT2D eigenvalue weighted by Gasteiger charge is 2.42. The molecule has 0 radical (unpaired) electrons. The molecule has 2 saturated heterocycles. The molecule has 1 aromatic heterocycles. The van der Waals surface area contributed by atoms with Gasteiger partial charge in [-0.25, -0.2) is 0 Å². The number of anilines is 1. The van der Waals surface area contributed by atoms with E-state index >= 15 is 0 Å². The molecule has 0 spiro atoms. The quantitative estimate of drug-likeness (QED) is 0.809. The number of amides is 1. The van der Waals surface area contributed by atoms with Gasteiger partial charge in [0.2, 0.25) is 5.91 Å². The zero-order valence-corrected chi connectivity index (χ0v) is 12.0. The number of nitrogens with two attached hydrogens (primary N) is 1. The number of carbonyl (C=O) groups is 1. The predicted octanol–water partition coefficient (Wildman–Crippen LogP) is 0.267. The van der Waals surface area contributed by atoms with Crippen LogP contribution in [0.25, 0.3) is 0 Å². The highest BCUT2D eigenvalue weighted by atomic mass is 16.2. The van der Waals surface area contributed by atoms with Gasteiger partial charge >= 0.3 is 0 Å². The second-order valence-electron chi connectivity index (χ2n) is 5.67. The van der Waals surface area contributed by atoms with Gasteiger partial charge in [0.05, 0.1) is 17.7 Å². The molecule has 2 atom stereocenters. The number of piperidine rings is 1. The Morgan fingerprint density at radius 1 is 1.40 bits per heavy atom. The van der Waals surface area contributed by atoms with Gasteiger partial charge in [-0.3, -0.25) is 4.79 Å². The van der Waals surface area contributed by atoms with Crippen LogP contribution in [-0.2, 0) is 11.3 Å². The first kappa shape index (κ1) is 13.3. The zero-order valence-electron chi connectivity index (χ0n) is 12.0. The van der Waals surface area contributed by atoms with Crippen molar-refractivity contribution < 1.29 is 4.79 Å². The molecule has 0 aromatic carbocycles. The summed E-state index contributed by atoms with van der Waals surface area (Å²) < 4.78 is 0. The Morgan fingerprint density at radius 3 is 2.95 bits per heavy atom. The van der Waals surface area contributed by atoms with Crippen LogP contribution in [0.2, 0.25) is 0 Å². The molecule has 0 aliphatic carbocycles. The van der Waals surface area contributed by atoms with Crippen LogP contribution in [0.1, 0.15) is 29.7 Å². The largest absolute Gasteiger partial charge is 0.354 e. The summed E-state index contributed by atoms with van der Waals surface area (Å²) in [4.78, 5) is 14.1. The van der Waals surface area contributed by atoms with E-state index in [4.69, 9.17) is 5.73 Å². The smallest absolute Gasteiger partial charge is 0.225 e. The number of fused-ring (bicyclic) bond motifs is 1. The lowest BCUT2D eigenvalue weighted by atomic mass is 9.91. The molecule has 3 rings (SSSR count). The Hall–Kier alpha value is -1.69. The standard InChI is InChI=1S/C14H21N5O/c1-8-9(2)17-18-13(11(8)6-15)19-5-3-4-10-12(19)7-16-14(10)20/h10,12H,3-7,15H2,1-2H3,(H,16,20). The predicted molar refractivity (Wildman–Crippen MR) is 76.3 cm³/mol. The van der Waals surface area contributed by atoms with Gasteiger partial charge in [0.15, 0.2) is 5.82 Å². The van der Waals surface area contributed by atoms with E-state index in [1.54, 1.807) is 0 Å². The van der Waals surface area contributed by atoms with Crippen LogP contribution in [0, 0.1) is 19.8 Å². The highest BCUT2D eigenvalue weighted by molar-refractivity contribution is 5.83. The van der Waals surface area contributed by atoms with Crippen molar-refractivity contribution in [3.63, 3.8) is 0 Å². The molecule has 108 valence electrons. The van der Waals surface area contributed by atoms with Crippen molar-refractivity contribution in [1.82, 2.24) is 15.5 Å². The number of nitrogens with one attached hydrogen (secondary N) is 1. The summed E-state index contributed by atoms with van der Waals surface area (Å²) in [7, 11) is 0. The maximum atomic E-state index is 11.9. The fourth-order valence-corrected chi connectivity index (χ4v) is 3.33. The summed E-state index contributed by atoms with van der Waals surface area (Å²) >= 11 is 0. The average molecular weight is 275 g/mol. The van der Waals surface area contributed by atoms with Gasteiger partial charge < -0.3 is 16.0 Å². The maximum Gasteiger partial charge on any atom is 0.225 e.